The number of fused-ring (bicyclic) bond motifs is 7. The van der Waals surface area contributed by atoms with Crippen LogP contribution in [-0.2, 0) is 33.3 Å². The predicted molar refractivity (Wildman–Crippen MR) is 435 cm³/mol. The summed E-state index contributed by atoms with van der Waals surface area (Å²) in [5.74, 6) is 0.741. The lowest BCUT2D eigenvalue weighted by molar-refractivity contribution is -0.124. The third-order valence-electron chi connectivity index (χ3n) is 20.8. The van der Waals surface area contributed by atoms with Gasteiger partial charge < -0.3 is 9.80 Å². The second-order valence-electron chi connectivity index (χ2n) is 31.1. The molecule has 2 unspecified atom stereocenters. The molecule has 0 saturated carbocycles. The van der Waals surface area contributed by atoms with E-state index in [1.165, 1.54) is 238 Å². The van der Waals surface area contributed by atoms with Crippen LogP contribution in [0.25, 0.3) is 71.9 Å². The average molecular weight is 1430 g/mol. The van der Waals surface area contributed by atoms with Crippen LogP contribution in [0.15, 0.2) is 71.8 Å². The number of amides is 2. The molecule has 0 fully saturated rings. The van der Waals surface area contributed by atoms with Crippen LogP contribution in [0.5, 0.6) is 0 Å². The van der Waals surface area contributed by atoms with E-state index in [2.05, 4.69) is 154 Å². The van der Waals surface area contributed by atoms with Crippen molar-refractivity contribution in [1.29, 1.82) is 0 Å². The summed E-state index contributed by atoms with van der Waals surface area (Å²) in [4.78, 5) is 60.6. The number of benzene rings is 1. The lowest BCUT2D eigenvalue weighted by Crippen LogP contribution is -2.34. The molecule has 2 aliphatic rings. The standard InChI is InChI=1S/C86H120N4O2S6/c1-13-19-25-31-33-37-43-59(41-35-27-21-15-3)57-89-79(75-76(84(89)92)80(71-52-50-67(95-71)68-53-54-73(96-68)85(7,8)9)90(83(75)91)58-60(42-36-28-22-16-4)44-38-34-32-26-20-14-2)70-51-49-66(94-70)65-47-48-69(93-65)72-55-61-77-78(62-56-74(86(10,11)12)98-82(62)81(61)97-72)88-64(46-40-30-24-18-6)63(87-77)45-39-29-23-17-5/h47-56,59-60H,13-46,57-58H2,1-12H3. The maximum absolute atomic E-state index is 16.4. The topological polar surface area (TPSA) is 66.4 Å². The molecule has 2 amide bonds. The molecule has 10 rings (SSSR count). The van der Waals surface area contributed by atoms with Crippen molar-refractivity contribution in [2.75, 3.05) is 13.1 Å². The van der Waals surface area contributed by atoms with Crippen LogP contribution < -0.4 is 0 Å². The zero-order chi connectivity index (χ0) is 69.3. The van der Waals surface area contributed by atoms with E-state index in [4.69, 9.17) is 9.97 Å². The highest BCUT2D eigenvalue weighted by Crippen LogP contribution is 2.54. The van der Waals surface area contributed by atoms with E-state index >= 15 is 9.59 Å². The number of hydrogen-bond donors (Lipinski definition) is 0. The summed E-state index contributed by atoms with van der Waals surface area (Å²) in [5.41, 5.74) is 7.60. The summed E-state index contributed by atoms with van der Waals surface area (Å²) in [6, 6.07) is 23.2. The average Bonchev–Trinajstić information content (AvgIpc) is 1.55. The maximum Gasteiger partial charge on any atom is 0.261 e. The molecule has 0 saturated heterocycles. The van der Waals surface area contributed by atoms with Gasteiger partial charge in [-0.3, -0.25) is 9.59 Å². The molecule has 6 nitrogen and oxygen atoms in total. The number of hydrogen-bond acceptors (Lipinski definition) is 10. The Hall–Kier alpha value is -4.30. The fraction of sp³-hybridized carbons (Fsp3) is 0.605. The highest BCUT2D eigenvalue weighted by Gasteiger charge is 2.50. The van der Waals surface area contributed by atoms with Crippen molar-refractivity contribution >= 4 is 122 Å². The van der Waals surface area contributed by atoms with Gasteiger partial charge >= 0.3 is 0 Å². The van der Waals surface area contributed by atoms with Crippen LogP contribution in [0.2, 0.25) is 0 Å². The highest BCUT2D eigenvalue weighted by molar-refractivity contribution is 7.32. The van der Waals surface area contributed by atoms with Gasteiger partial charge in [0.2, 0.25) is 0 Å². The van der Waals surface area contributed by atoms with Crippen LogP contribution in [0.3, 0.4) is 0 Å². The van der Waals surface area contributed by atoms with E-state index in [0.717, 1.165) is 83.5 Å². The molecule has 12 heteroatoms. The Balaban J connectivity index is 1.07. The molecule has 0 bridgehead atoms. The van der Waals surface area contributed by atoms with E-state index in [9.17, 15) is 0 Å². The summed E-state index contributed by atoms with van der Waals surface area (Å²) >= 11 is 11.1. The van der Waals surface area contributed by atoms with Crippen molar-refractivity contribution in [1.82, 2.24) is 19.8 Å². The molecular weight excluding hydrogens is 1310 g/mol. The quantitative estimate of drug-likeness (QED) is 0.0357. The lowest BCUT2D eigenvalue weighted by atomic mass is 9.93. The third kappa shape index (κ3) is 18.9. The fourth-order valence-corrected chi connectivity index (χ4v) is 21.9. The molecule has 2 atom stereocenters. The van der Waals surface area contributed by atoms with Crippen LogP contribution in [0.4, 0.5) is 0 Å². The molecule has 0 aliphatic carbocycles. The molecule has 1 aromatic carbocycles. The summed E-state index contributed by atoms with van der Waals surface area (Å²) in [7, 11) is 0. The van der Waals surface area contributed by atoms with Crippen LogP contribution in [0.1, 0.15) is 319 Å². The minimum atomic E-state index is 0.00681. The zero-order valence-electron chi connectivity index (χ0n) is 62.4. The first-order valence-electron chi connectivity index (χ1n) is 39.2. The first kappa shape index (κ1) is 76.3. The van der Waals surface area contributed by atoms with Crippen molar-refractivity contribution in [3.8, 4) is 29.3 Å². The lowest BCUT2D eigenvalue weighted by Gasteiger charge is -2.29. The maximum atomic E-state index is 16.4. The van der Waals surface area contributed by atoms with E-state index in [-0.39, 0.29) is 22.6 Å². The minimum Gasteiger partial charge on any atom is -0.306 e. The Morgan fingerprint density at radius 3 is 1.08 bits per heavy atom. The summed E-state index contributed by atoms with van der Waals surface area (Å²) < 4.78 is 2.66. The number of carbonyl (C=O) groups excluding carboxylic acids is 2. The van der Waals surface area contributed by atoms with E-state index < -0.39 is 0 Å². The first-order chi connectivity index (χ1) is 47.5. The van der Waals surface area contributed by atoms with Gasteiger partial charge in [0.05, 0.1) is 64.1 Å². The van der Waals surface area contributed by atoms with Gasteiger partial charge in [0.25, 0.3) is 11.8 Å². The van der Waals surface area contributed by atoms with Crippen molar-refractivity contribution < 1.29 is 9.59 Å². The Labute approximate surface area is 616 Å². The molecule has 0 radical (unpaired) electrons. The van der Waals surface area contributed by atoms with Crippen LogP contribution in [-0.4, -0.2) is 44.7 Å². The van der Waals surface area contributed by atoms with Gasteiger partial charge in [-0.25, -0.2) is 9.97 Å². The Morgan fingerprint density at radius 1 is 0.347 bits per heavy atom. The molecule has 532 valence electrons. The van der Waals surface area contributed by atoms with Crippen molar-refractivity contribution in [2.45, 2.75) is 312 Å². The SMILES string of the molecule is CCCCCCCCC(CCCCCC)CN1C(=O)C2=C(c3ccc(-c4ccc(C(C)(C)C)s4)s3)N(CC(CCCCCC)CCCCCCCC)C(=O)C2=C1c1ccc(-c2ccc(-c3cc4c5nc(CCCCCC)c(CCCCCC)nc5c5cc(C(C)(C)C)sc5c4s3)s2)s1. The van der Waals surface area contributed by atoms with Crippen molar-refractivity contribution in [2.24, 2.45) is 11.8 Å². The number of rotatable bonds is 43. The van der Waals surface area contributed by atoms with Crippen molar-refractivity contribution in [3.63, 3.8) is 0 Å². The van der Waals surface area contributed by atoms with Gasteiger partial charge in [0.1, 0.15) is 0 Å². The normalized spacial score (nSPS) is 14.6. The summed E-state index contributed by atoms with van der Waals surface area (Å²) in [6.07, 6.45) is 40.8. The minimum absolute atomic E-state index is 0.00681. The van der Waals surface area contributed by atoms with Gasteiger partial charge in [-0.15, -0.1) is 68.0 Å². The molecule has 0 spiro atoms. The molecule has 8 aromatic rings. The van der Waals surface area contributed by atoms with Gasteiger partial charge in [-0.05, 0) is 135 Å². The molecule has 9 heterocycles. The number of nitrogens with zero attached hydrogens (tertiary/aromatic N) is 4. The van der Waals surface area contributed by atoms with Crippen LogP contribution >= 0.6 is 68.0 Å². The molecule has 2 aliphatic heterocycles. The molecular formula is C86H120N4O2S6. The number of aromatic nitrogens is 2. The van der Waals surface area contributed by atoms with Gasteiger partial charge in [-0.1, -0.05) is 250 Å². The largest absolute Gasteiger partial charge is 0.306 e. The number of unbranched alkanes of at least 4 members (excludes halogenated alkanes) is 22. The second-order valence-corrected chi connectivity index (χ2v) is 37.6. The predicted octanol–water partition coefficient (Wildman–Crippen LogP) is 28.6. The van der Waals surface area contributed by atoms with Gasteiger partial charge in [0.15, 0.2) is 0 Å². The van der Waals surface area contributed by atoms with Crippen molar-refractivity contribution in [3.05, 3.63) is 103 Å². The summed E-state index contributed by atoms with van der Waals surface area (Å²) in [5, 5.41) is 2.48. The number of thiophene rings is 6. The number of carbonyl (C=O) groups is 2. The Kier molecular flexibility index (Phi) is 28.6. The van der Waals surface area contributed by atoms with E-state index in [1.54, 1.807) is 22.7 Å². The smallest absolute Gasteiger partial charge is 0.261 e. The number of aryl methyl sites for hydroxylation is 2. The van der Waals surface area contributed by atoms with E-state index in [1.807, 2.05) is 45.3 Å². The molecule has 0 N–H and O–H groups in total. The van der Waals surface area contributed by atoms with Crippen LogP contribution in [0, 0.1) is 11.8 Å². The third-order valence-corrected chi connectivity index (χ3v) is 29.0. The fourth-order valence-electron chi connectivity index (χ4n) is 14.9. The zero-order valence-corrected chi connectivity index (χ0v) is 67.3. The monoisotopic (exact) mass is 1430 g/mol. The van der Waals surface area contributed by atoms with Gasteiger partial charge in [-0.2, -0.15) is 0 Å². The highest BCUT2D eigenvalue weighted by atomic mass is 32.1. The Morgan fingerprint density at radius 2 is 0.673 bits per heavy atom. The first-order valence-corrected chi connectivity index (χ1v) is 44.1. The van der Waals surface area contributed by atoms with E-state index in [0.29, 0.717) is 36.1 Å². The second kappa shape index (κ2) is 36.7. The molecule has 98 heavy (non-hydrogen) atoms. The molecule has 7 aromatic heterocycles. The Bertz CT molecular complexity index is 3930. The summed E-state index contributed by atoms with van der Waals surface area (Å²) in [6.45, 7) is 29.0. The van der Waals surface area contributed by atoms with Gasteiger partial charge in [0, 0.05) is 62.9 Å².